The van der Waals surface area contributed by atoms with Gasteiger partial charge in [0.15, 0.2) is 6.61 Å². The van der Waals surface area contributed by atoms with Crippen LogP contribution in [0.25, 0.3) is 0 Å². The highest BCUT2D eigenvalue weighted by molar-refractivity contribution is 6.23. The zero-order chi connectivity index (χ0) is 25.7. The van der Waals surface area contributed by atoms with Crippen molar-refractivity contribution < 1.29 is 28.3 Å². The van der Waals surface area contributed by atoms with Gasteiger partial charge in [0.2, 0.25) is 11.8 Å². The van der Waals surface area contributed by atoms with E-state index in [-0.39, 0.29) is 25.5 Å². The lowest BCUT2D eigenvalue weighted by Gasteiger charge is -2.28. The predicted octanol–water partition coefficient (Wildman–Crippen LogP) is 3.52. The Bertz CT molecular complexity index is 1260. The van der Waals surface area contributed by atoms with Gasteiger partial charge in [-0.3, -0.25) is 19.2 Å². The van der Waals surface area contributed by atoms with Gasteiger partial charge >= 0.3 is 0 Å². The average Bonchev–Trinajstić information content (AvgIpc) is 3.16. The third-order valence-corrected chi connectivity index (χ3v) is 5.64. The second-order valence-corrected chi connectivity index (χ2v) is 8.27. The van der Waals surface area contributed by atoms with Crippen LogP contribution in [0.5, 0.6) is 5.75 Å². The second-order valence-electron chi connectivity index (χ2n) is 8.27. The van der Waals surface area contributed by atoms with Crippen LogP contribution < -0.4 is 15.0 Å². The van der Waals surface area contributed by atoms with Crippen LogP contribution in [0.4, 0.5) is 15.8 Å². The fourth-order valence-corrected chi connectivity index (χ4v) is 3.93. The molecule has 0 aromatic heterocycles. The molecule has 3 aromatic rings. The number of para-hydroxylation sites is 1. The highest BCUT2D eigenvalue weighted by Crippen LogP contribution is 2.28. The van der Waals surface area contributed by atoms with Gasteiger partial charge in [-0.2, -0.15) is 0 Å². The summed E-state index contributed by atoms with van der Waals surface area (Å²) in [5.74, 6) is -1.69. The van der Waals surface area contributed by atoms with Gasteiger partial charge in [-0.05, 0) is 54.1 Å². The summed E-state index contributed by atoms with van der Waals surface area (Å²) >= 11 is 0. The fraction of sp³-hybridized carbons (Fsp3) is 0.185. The lowest BCUT2D eigenvalue weighted by Crippen LogP contribution is -2.46. The molecule has 9 heteroatoms. The van der Waals surface area contributed by atoms with Crippen LogP contribution in [0, 0.1) is 5.82 Å². The van der Waals surface area contributed by atoms with Crippen molar-refractivity contribution in [2.45, 2.75) is 25.9 Å². The van der Waals surface area contributed by atoms with Crippen molar-refractivity contribution in [3.63, 3.8) is 0 Å². The van der Waals surface area contributed by atoms with Gasteiger partial charge in [-0.25, -0.2) is 9.29 Å². The van der Waals surface area contributed by atoms with E-state index in [4.69, 9.17) is 4.74 Å². The van der Waals surface area contributed by atoms with E-state index in [1.165, 1.54) is 36.1 Å². The van der Waals surface area contributed by atoms with E-state index < -0.39 is 29.6 Å². The smallest absolute Gasteiger partial charge is 0.261 e. The predicted molar refractivity (Wildman–Crippen MR) is 131 cm³/mol. The van der Waals surface area contributed by atoms with Gasteiger partial charge in [0.25, 0.3) is 11.8 Å². The van der Waals surface area contributed by atoms with Crippen LogP contribution in [-0.4, -0.2) is 41.2 Å². The number of halogens is 1. The second kappa shape index (κ2) is 10.8. The summed E-state index contributed by atoms with van der Waals surface area (Å²) in [6.07, 6.45) is -0.204. The molecule has 8 nitrogen and oxygen atoms in total. The number of anilines is 2. The third kappa shape index (κ3) is 5.75. The van der Waals surface area contributed by atoms with Crippen molar-refractivity contribution in [3.8, 4) is 5.75 Å². The molecule has 36 heavy (non-hydrogen) atoms. The zero-order valence-corrected chi connectivity index (χ0v) is 19.5. The van der Waals surface area contributed by atoms with E-state index in [2.05, 4.69) is 5.32 Å². The molecule has 1 heterocycles. The molecular formula is C27H24FN3O5. The number of benzene rings is 3. The number of hydrogen-bond acceptors (Lipinski definition) is 5. The van der Waals surface area contributed by atoms with Crippen LogP contribution in [0.3, 0.4) is 0 Å². The van der Waals surface area contributed by atoms with Crippen molar-refractivity contribution in [2.75, 3.05) is 16.8 Å². The van der Waals surface area contributed by atoms with Gasteiger partial charge in [0.05, 0.1) is 12.1 Å². The molecule has 0 bridgehead atoms. The number of nitrogens with zero attached hydrogens (tertiary/aromatic N) is 2. The number of imide groups is 1. The quantitative estimate of drug-likeness (QED) is 0.489. The Kier molecular flexibility index (Phi) is 7.39. The van der Waals surface area contributed by atoms with E-state index in [0.717, 1.165) is 4.90 Å². The summed E-state index contributed by atoms with van der Waals surface area (Å²) in [5.41, 5.74) is 1.45. The van der Waals surface area contributed by atoms with Gasteiger partial charge in [-0.1, -0.05) is 30.3 Å². The van der Waals surface area contributed by atoms with Crippen molar-refractivity contribution in [2.24, 2.45) is 0 Å². The van der Waals surface area contributed by atoms with Crippen LogP contribution in [0.2, 0.25) is 0 Å². The molecular weight excluding hydrogens is 465 g/mol. The standard InChI is InChI=1S/C27H24FN3O5/c1-18(32)29-21-11-13-22(14-12-21)31-25(33)15-24(27(31)35)30(16-19-7-9-20(28)10-8-19)26(34)17-36-23-5-3-2-4-6-23/h2-14,24H,15-17H2,1H3,(H,29,32). The topological polar surface area (TPSA) is 96.0 Å². The lowest BCUT2D eigenvalue weighted by molar-refractivity contribution is -0.140. The molecule has 3 aromatic carbocycles. The number of ether oxygens (including phenoxy) is 1. The molecule has 1 fully saturated rings. The average molecular weight is 490 g/mol. The molecule has 0 radical (unpaired) electrons. The number of carbonyl (C=O) groups is 4. The molecule has 4 rings (SSSR count). The van der Waals surface area contributed by atoms with Crippen LogP contribution >= 0.6 is 0 Å². The Morgan fingerprint density at radius 1 is 1.00 bits per heavy atom. The molecule has 1 N–H and O–H groups in total. The maximum atomic E-state index is 13.4. The van der Waals surface area contributed by atoms with Crippen LogP contribution in [0.1, 0.15) is 18.9 Å². The molecule has 184 valence electrons. The molecule has 1 unspecified atom stereocenters. The Morgan fingerprint density at radius 3 is 2.31 bits per heavy atom. The Morgan fingerprint density at radius 2 is 1.67 bits per heavy atom. The Hall–Kier alpha value is -4.53. The summed E-state index contributed by atoms with van der Waals surface area (Å²) < 4.78 is 19.0. The van der Waals surface area contributed by atoms with Crippen molar-refractivity contribution in [1.29, 1.82) is 0 Å². The van der Waals surface area contributed by atoms with E-state index in [9.17, 15) is 23.6 Å². The lowest BCUT2D eigenvalue weighted by atomic mass is 10.1. The number of carbonyl (C=O) groups excluding carboxylic acids is 4. The minimum absolute atomic E-state index is 0.00371. The summed E-state index contributed by atoms with van der Waals surface area (Å²) in [4.78, 5) is 53.1. The number of rotatable bonds is 8. The van der Waals surface area contributed by atoms with Crippen molar-refractivity contribution in [3.05, 3.63) is 90.2 Å². The molecule has 4 amide bonds. The molecule has 1 aliphatic heterocycles. The van der Waals surface area contributed by atoms with E-state index in [0.29, 0.717) is 22.7 Å². The maximum absolute atomic E-state index is 13.4. The number of amides is 4. The van der Waals surface area contributed by atoms with Crippen molar-refractivity contribution in [1.82, 2.24) is 4.90 Å². The monoisotopic (exact) mass is 489 g/mol. The van der Waals surface area contributed by atoms with E-state index in [1.807, 2.05) is 6.07 Å². The summed E-state index contributed by atoms with van der Waals surface area (Å²) in [6, 6.07) is 19.5. The first-order valence-electron chi connectivity index (χ1n) is 11.3. The molecule has 0 spiro atoms. The van der Waals surface area contributed by atoms with Gasteiger partial charge in [-0.15, -0.1) is 0 Å². The molecule has 1 atom stereocenters. The normalized spacial score (nSPS) is 15.1. The van der Waals surface area contributed by atoms with E-state index in [1.54, 1.807) is 48.5 Å². The minimum atomic E-state index is -1.05. The molecule has 1 aliphatic rings. The first-order valence-corrected chi connectivity index (χ1v) is 11.3. The Balaban J connectivity index is 1.56. The highest BCUT2D eigenvalue weighted by atomic mass is 19.1. The summed E-state index contributed by atoms with van der Waals surface area (Å²) in [6.45, 7) is 1.03. The molecule has 1 saturated heterocycles. The summed E-state index contributed by atoms with van der Waals surface area (Å²) in [5, 5.41) is 2.62. The zero-order valence-electron chi connectivity index (χ0n) is 19.5. The van der Waals surface area contributed by atoms with Crippen molar-refractivity contribution >= 4 is 35.0 Å². The largest absolute Gasteiger partial charge is 0.484 e. The Labute approximate surface area is 207 Å². The van der Waals surface area contributed by atoms with Gasteiger partial charge < -0.3 is 15.0 Å². The first kappa shape index (κ1) is 24.6. The van der Waals surface area contributed by atoms with Crippen LogP contribution in [0.15, 0.2) is 78.9 Å². The van der Waals surface area contributed by atoms with Gasteiger partial charge in [0.1, 0.15) is 17.6 Å². The molecule has 0 aliphatic carbocycles. The molecule has 0 saturated carbocycles. The first-order chi connectivity index (χ1) is 17.3. The summed E-state index contributed by atoms with van der Waals surface area (Å²) in [7, 11) is 0. The number of hydrogen-bond donors (Lipinski definition) is 1. The minimum Gasteiger partial charge on any atom is -0.484 e. The van der Waals surface area contributed by atoms with Gasteiger partial charge in [0, 0.05) is 19.2 Å². The van der Waals surface area contributed by atoms with E-state index >= 15 is 0 Å². The third-order valence-electron chi connectivity index (χ3n) is 5.64. The maximum Gasteiger partial charge on any atom is 0.261 e. The highest BCUT2D eigenvalue weighted by Gasteiger charge is 2.44. The SMILES string of the molecule is CC(=O)Nc1ccc(N2C(=O)CC(N(Cc3ccc(F)cc3)C(=O)COc3ccccc3)C2=O)cc1. The fourth-order valence-electron chi connectivity index (χ4n) is 3.93. The van der Waals surface area contributed by atoms with Crippen LogP contribution in [-0.2, 0) is 25.7 Å². The number of nitrogens with one attached hydrogen (secondary N) is 1.